The van der Waals surface area contributed by atoms with E-state index in [4.69, 9.17) is 12.2 Å². The topological polar surface area (TPSA) is 104 Å². The van der Waals surface area contributed by atoms with E-state index in [1.807, 2.05) is 30.3 Å². The summed E-state index contributed by atoms with van der Waals surface area (Å²) < 4.78 is 0. The van der Waals surface area contributed by atoms with Gasteiger partial charge in [0.1, 0.15) is 0 Å². The Morgan fingerprint density at radius 2 is 1.92 bits per heavy atom. The van der Waals surface area contributed by atoms with E-state index in [1.54, 1.807) is 0 Å². The van der Waals surface area contributed by atoms with E-state index in [9.17, 15) is 20.0 Å². The molecule has 2 aromatic rings. The maximum Gasteiger partial charge on any atom is 0.270 e. The first-order chi connectivity index (χ1) is 12.0. The molecular formula is C17H17N3O4S. The molecular weight excluding hydrogens is 342 g/mol. The molecule has 7 nitrogen and oxygen atoms in total. The van der Waals surface area contributed by atoms with E-state index in [-0.39, 0.29) is 29.0 Å². The number of carbonyl (C=O) groups is 1. The van der Waals surface area contributed by atoms with Crippen LogP contribution in [0.15, 0.2) is 54.6 Å². The standard InChI is InChI=1S/C17H17N3O4S/c21-11-14(9-12-5-2-1-3-6-12)18-17(25)19-16(22)13-7-4-8-15(10-13)20(23)24/h1-8,10,14,21H,9,11H2,(H2,18,19,22,25)/t14-/m1/s1. The van der Waals surface area contributed by atoms with Crippen LogP contribution in [0.3, 0.4) is 0 Å². The number of non-ortho nitro benzene ring substituents is 1. The van der Waals surface area contributed by atoms with Crippen LogP contribution < -0.4 is 10.6 Å². The number of thiocarbonyl (C=S) groups is 1. The van der Waals surface area contributed by atoms with Gasteiger partial charge in [-0.25, -0.2) is 0 Å². The molecule has 0 saturated carbocycles. The summed E-state index contributed by atoms with van der Waals surface area (Å²) in [5.74, 6) is -0.558. The Balaban J connectivity index is 1.95. The van der Waals surface area contributed by atoms with E-state index in [0.29, 0.717) is 6.42 Å². The number of benzene rings is 2. The van der Waals surface area contributed by atoms with Crippen molar-refractivity contribution >= 4 is 28.9 Å². The molecule has 0 heterocycles. The number of nitro groups is 1. The van der Waals surface area contributed by atoms with Crippen LogP contribution in [0.5, 0.6) is 0 Å². The van der Waals surface area contributed by atoms with Crippen molar-refractivity contribution in [1.82, 2.24) is 10.6 Å². The molecule has 8 heteroatoms. The van der Waals surface area contributed by atoms with Crippen molar-refractivity contribution in [3.63, 3.8) is 0 Å². The van der Waals surface area contributed by atoms with Gasteiger partial charge in [-0.1, -0.05) is 36.4 Å². The smallest absolute Gasteiger partial charge is 0.270 e. The van der Waals surface area contributed by atoms with E-state index < -0.39 is 10.8 Å². The molecule has 1 amide bonds. The molecule has 0 saturated heterocycles. The van der Waals surface area contributed by atoms with Gasteiger partial charge >= 0.3 is 0 Å². The highest BCUT2D eigenvalue weighted by Gasteiger charge is 2.15. The number of hydrogen-bond donors (Lipinski definition) is 3. The van der Waals surface area contributed by atoms with Crippen LogP contribution in [0.1, 0.15) is 15.9 Å². The van der Waals surface area contributed by atoms with E-state index in [0.717, 1.165) is 5.56 Å². The average molecular weight is 359 g/mol. The fourth-order valence-corrected chi connectivity index (χ4v) is 2.48. The number of nitro benzene ring substituents is 1. The average Bonchev–Trinajstić information content (AvgIpc) is 2.62. The minimum atomic E-state index is -0.574. The molecule has 0 aliphatic heterocycles. The first-order valence-electron chi connectivity index (χ1n) is 7.50. The number of nitrogens with one attached hydrogen (secondary N) is 2. The Morgan fingerprint density at radius 3 is 2.56 bits per heavy atom. The summed E-state index contributed by atoms with van der Waals surface area (Å²) in [5.41, 5.74) is 0.965. The summed E-state index contributed by atoms with van der Waals surface area (Å²) in [6.07, 6.45) is 0.532. The minimum Gasteiger partial charge on any atom is -0.394 e. The van der Waals surface area contributed by atoms with Crippen LogP contribution in [0.25, 0.3) is 0 Å². The molecule has 25 heavy (non-hydrogen) atoms. The molecule has 130 valence electrons. The number of aliphatic hydroxyl groups excluding tert-OH is 1. The summed E-state index contributed by atoms with van der Waals surface area (Å²) in [4.78, 5) is 22.3. The zero-order chi connectivity index (χ0) is 18.2. The maximum atomic E-state index is 12.1. The first kappa shape index (κ1) is 18.5. The van der Waals surface area contributed by atoms with Crippen molar-refractivity contribution in [2.75, 3.05) is 6.61 Å². The number of amides is 1. The zero-order valence-corrected chi connectivity index (χ0v) is 14.0. The third-order valence-electron chi connectivity index (χ3n) is 3.43. The van der Waals surface area contributed by atoms with Gasteiger partial charge in [0.15, 0.2) is 5.11 Å². The Hall–Kier alpha value is -2.84. The molecule has 0 aliphatic rings. The lowest BCUT2D eigenvalue weighted by molar-refractivity contribution is -0.384. The fraction of sp³-hybridized carbons (Fsp3) is 0.176. The molecule has 3 N–H and O–H groups in total. The lowest BCUT2D eigenvalue weighted by Gasteiger charge is -2.18. The van der Waals surface area contributed by atoms with E-state index in [1.165, 1.54) is 24.3 Å². The highest BCUT2D eigenvalue weighted by atomic mass is 32.1. The third-order valence-corrected chi connectivity index (χ3v) is 3.65. The van der Waals surface area contributed by atoms with Gasteiger partial charge in [-0.3, -0.25) is 20.2 Å². The van der Waals surface area contributed by atoms with Crippen LogP contribution in [0.2, 0.25) is 0 Å². The van der Waals surface area contributed by atoms with Gasteiger partial charge < -0.3 is 10.4 Å². The molecule has 0 aromatic heterocycles. The Bertz CT molecular complexity index is 767. The van der Waals surface area contributed by atoms with Gasteiger partial charge in [0.2, 0.25) is 0 Å². The predicted molar refractivity (Wildman–Crippen MR) is 97.3 cm³/mol. The highest BCUT2D eigenvalue weighted by Crippen LogP contribution is 2.12. The minimum absolute atomic E-state index is 0.0477. The van der Waals surface area contributed by atoms with Gasteiger partial charge in [-0.2, -0.15) is 0 Å². The summed E-state index contributed by atoms with van der Waals surface area (Å²) >= 11 is 5.09. The molecule has 0 radical (unpaired) electrons. The molecule has 0 fully saturated rings. The van der Waals surface area contributed by atoms with Crippen molar-refractivity contribution in [2.45, 2.75) is 12.5 Å². The number of hydrogen-bond acceptors (Lipinski definition) is 5. The number of carbonyl (C=O) groups excluding carboxylic acids is 1. The molecule has 0 spiro atoms. The molecule has 0 unspecified atom stereocenters. The first-order valence-corrected chi connectivity index (χ1v) is 7.91. The van der Waals surface area contributed by atoms with Crippen molar-refractivity contribution in [3.05, 3.63) is 75.8 Å². The second-order valence-corrected chi connectivity index (χ2v) is 5.71. The summed E-state index contributed by atoms with van der Waals surface area (Å²) in [5, 5.41) is 25.6. The van der Waals surface area contributed by atoms with Gasteiger partial charge in [-0.05, 0) is 30.3 Å². The normalized spacial score (nSPS) is 11.4. The number of rotatable bonds is 6. The second-order valence-electron chi connectivity index (χ2n) is 5.30. The van der Waals surface area contributed by atoms with Crippen molar-refractivity contribution in [3.8, 4) is 0 Å². The molecule has 0 aliphatic carbocycles. The monoisotopic (exact) mass is 359 g/mol. The van der Waals surface area contributed by atoms with E-state index in [2.05, 4.69) is 10.6 Å². The fourth-order valence-electron chi connectivity index (χ4n) is 2.22. The van der Waals surface area contributed by atoms with Crippen LogP contribution in [-0.4, -0.2) is 33.7 Å². The van der Waals surface area contributed by atoms with Gasteiger partial charge in [0.05, 0.1) is 17.6 Å². The molecule has 1 atom stereocenters. The second kappa shape index (κ2) is 8.86. The largest absolute Gasteiger partial charge is 0.394 e. The third kappa shape index (κ3) is 5.63. The molecule has 0 bridgehead atoms. The van der Waals surface area contributed by atoms with Crippen LogP contribution in [-0.2, 0) is 6.42 Å². The Labute approximate surface area is 149 Å². The quantitative estimate of drug-likeness (QED) is 0.413. The van der Waals surface area contributed by atoms with Crippen LogP contribution in [0, 0.1) is 10.1 Å². The number of nitrogens with zero attached hydrogens (tertiary/aromatic N) is 1. The summed E-state index contributed by atoms with van der Waals surface area (Å²) in [6.45, 7) is -0.165. The van der Waals surface area contributed by atoms with Crippen molar-refractivity contribution in [1.29, 1.82) is 0 Å². The summed E-state index contributed by atoms with van der Waals surface area (Å²) in [6, 6.07) is 14.5. The van der Waals surface area contributed by atoms with E-state index >= 15 is 0 Å². The van der Waals surface area contributed by atoms with Gasteiger partial charge in [0.25, 0.3) is 11.6 Å². The van der Waals surface area contributed by atoms with Gasteiger partial charge in [-0.15, -0.1) is 0 Å². The zero-order valence-electron chi connectivity index (χ0n) is 13.2. The maximum absolute atomic E-state index is 12.1. The van der Waals surface area contributed by atoms with Crippen LogP contribution >= 0.6 is 12.2 Å². The lowest BCUT2D eigenvalue weighted by atomic mass is 10.1. The highest BCUT2D eigenvalue weighted by molar-refractivity contribution is 7.80. The molecule has 2 rings (SSSR count). The number of aliphatic hydroxyl groups is 1. The molecule has 2 aromatic carbocycles. The Kier molecular flexibility index (Phi) is 6.55. The van der Waals surface area contributed by atoms with Gasteiger partial charge in [0, 0.05) is 17.7 Å². The summed E-state index contributed by atoms with van der Waals surface area (Å²) in [7, 11) is 0. The van der Waals surface area contributed by atoms with Crippen molar-refractivity contribution < 1.29 is 14.8 Å². The lowest BCUT2D eigenvalue weighted by Crippen LogP contribution is -2.46. The predicted octanol–water partition coefficient (Wildman–Crippen LogP) is 1.80. The van der Waals surface area contributed by atoms with Crippen molar-refractivity contribution in [2.24, 2.45) is 0 Å². The SMILES string of the molecule is O=C(NC(=S)N[C@@H](CO)Cc1ccccc1)c1cccc([N+](=O)[O-])c1. The van der Waals surface area contributed by atoms with Crippen LogP contribution in [0.4, 0.5) is 5.69 Å². The Morgan fingerprint density at radius 1 is 1.20 bits per heavy atom.